The lowest BCUT2D eigenvalue weighted by molar-refractivity contribution is 0.355. The van der Waals surface area contributed by atoms with Crippen molar-refractivity contribution in [1.82, 2.24) is 9.78 Å². The van der Waals surface area contributed by atoms with Gasteiger partial charge in [-0.15, -0.1) is 24.0 Å². The van der Waals surface area contributed by atoms with E-state index in [9.17, 15) is 0 Å². The van der Waals surface area contributed by atoms with E-state index in [1.807, 2.05) is 42.6 Å². The molecule has 3 rings (SSSR count). The van der Waals surface area contributed by atoms with Crippen LogP contribution in [0.15, 0.2) is 59.7 Å². The highest BCUT2D eigenvalue weighted by atomic mass is 127. The second kappa shape index (κ2) is 10.6. The summed E-state index contributed by atoms with van der Waals surface area (Å²) in [5, 5.41) is 7.55. The van der Waals surface area contributed by atoms with Gasteiger partial charge in [0.2, 0.25) is 0 Å². The van der Waals surface area contributed by atoms with Gasteiger partial charge in [-0.2, -0.15) is 5.10 Å². The van der Waals surface area contributed by atoms with Gasteiger partial charge in [-0.3, -0.25) is 0 Å². The van der Waals surface area contributed by atoms with E-state index in [0.29, 0.717) is 18.0 Å². The predicted molar refractivity (Wildman–Crippen MR) is 124 cm³/mol. The summed E-state index contributed by atoms with van der Waals surface area (Å²) in [6, 6.07) is 15.0. The number of aromatic nitrogens is 2. The van der Waals surface area contributed by atoms with Gasteiger partial charge in [0.15, 0.2) is 17.5 Å². The molecule has 0 unspecified atom stereocenters. The number of nitrogens with one attached hydrogen (secondary N) is 1. The summed E-state index contributed by atoms with van der Waals surface area (Å²) in [7, 11) is 4.81. The maximum atomic E-state index is 5.98. The van der Waals surface area contributed by atoms with Crippen molar-refractivity contribution in [3.8, 4) is 22.9 Å². The third-order valence-electron chi connectivity index (χ3n) is 4.05. The molecule has 0 bridgehead atoms. The molecule has 8 nitrogen and oxygen atoms in total. The number of halogens is 1. The highest BCUT2D eigenvalue weighted by molar-refractivity contribution is 14.0. The first-order valence-corrected chi connectivity index (χ1v) is 8.61. The first-order chi connectivity index (χ1) is 13.6. The minimum Gasteiger partial charge on any atom is -0.497 e. The Hall–Kier alpha value is -2.95. The van der Waals surface area contributed by atoms with Crippen molar-refractivity contribution in [2.75, 3.05) is 26.6 Å². The number of anilines is 1. The highest BCUT2D eigenvalue weighted by Crippen LogP contribution is 2.29. The van der Waals surface area contributed by atoms with E-state index in [-0.39, 0.29) is 29.9 Å². The van der Waals surface area contributed by atoms with Gasteiger partial charge >= 0.3 is 0 Å². The number of methoxy groups -OCH3 is 3. The molecule has 29 heavy (non-hydrogen) atoms. The van der Waals surface area contributed by atoms with Crippen molar-refractivity contribution in [3.05, 3.63) is 60.4 Å². The second-order valence-corrected chi connectivity index (χ2v) is 5.85. The number of ether oxygens (including phenoxy) is 3. The average molecular weight is 509 g/mol. The van der Waals surface area contributed by atoms with Crippen molar-refractivity contribution < 1.29 is 14.2 Å². The van der Waals surface area contributed by atoms with Gasteiger partial charge in [0.1, 0.15) is 5.75 Å². The second-order valence-electron chi connectivity index (χ2n) is 5.85. The molecule has 0 spiro atoms. The summed E-state index contributed by atoms with van der Waals surface area (Å²) >= 11 is 0. The number of guanidine groups is 1. The quantitative estimate of drug-likeness (QED) is 0.288. The molecule has 0 atom stereocenters. The monoisotopic (exact) mass is 509 g/mol. The molecule has 3 aromatic rings. The van der Waals surface area contributed by atoms with Crippen molar-refractivity contribution in [1.29, 1.82) is 0 Å². The number of nitrogens with zero attached hydrogens (tertiary/aromatic N) is 3. The zero-order valence-electron chi connectivity index (χ0n) is 16.5. The molecule has 0 radical (unpaired) electrons. The van der Waals surface area contributed by atoms with Crippen LogP contribution in [0.4, 0.5) is 5.69 Å². The topological polar surface area (TPSA) is 95.9 Å². The first kappa shape index (κ1) is 22.3. The van der Waals surface area contributed by atoms with E-state index in [0.717, 1.165) is 22.8 Å². The van der Waals surface area contributed by atoms with Gasteiger partial charge in [0.25, 0.3) is 0 Å². The predicted octanol–water partition coefficient (Wildman–Crippen LogP) is 3.44. The maximum absolute atomic E-state index is 5.98. The Labute approximate surface area is 186 Å². The molecule has 1 heterocycles. The van der Waals surface area contributed by atoms with Crippen molar-refractivity contribution in [2.45, 2.75) is 6.54 Å². The molecule has 154 valence electrons. The van der Waals surface area contributed by atoms with E-state index in [1.165, 1.54) is 0 Å². The fourth-order valence-corrected chi connectivity index (χ4v) is 2.59. The zero-order chi connectivity index (χ0) is 19.9. The lowest BCUT2D eigenvalue weighted by atomic mass is 10.3. The van der Waals surface area contributed by atoms with Gasteiger partial charge in [-0.05, 0) is 42.5 Å². The van der Waals surface area contributed by atoms with Crippen LogP contribution in [-0.2, 0) is 6.54 Å². The lowest BCUT2D eigenvalue weighted by Gasteiger charge is -2.10. The Balaban J connectivity index is 0.00000300. The Morgan fingerprint density at radius 2 is 1.72 bits per heavy atom. The smallest absolute Gasteiger partial charge is 0.193 e. The molecule has 0 fully saturated rings. The molecule has 0 amide bonds. The highest BCUT2D eigenvalue weighted by Gasteiger charge is 2.06. The largest absolute Gasteiger partial charge is 0.497 e. The molecular formula is C20H24IN5O3. The van der Waals surface area contributed by atoms with Crippen LogP contribution in [-0.4, -0.2) is 37.1 Å². The van der Waals surface area contributed by atoms with Crippen LogP contribution in [0.3, 0.4) is 0 Å². The van der Waals surface area contributed by atoms with E-state index < -0.39 is 0 Å². The molecule has 0 aliphatic heterocycles. The Morgan fingerprint density at radius 1 is 1.00 bits per heavy atom. The minimum atomic E-state index is 0. The number of nitrogens with two attached hydrogens (primary N) is 1. The summed E-state index contributed by atoms with van der Waals surface area (Å²) in [4.78, 5) is 4.34. The van der Waals surface area contributed by atoms with Gasteiger partial charge in [0, 0.05) is 18.0 Å². The van der Waals surface area contributed by atoms with Crippen molar-refractivity contribution in [3.63, 3.8) is 0 Å². The lowest BCUT2D eigenvalue weighted by Crippen LogP contribution is -2.22. The Bertz CT molecular complexity index is 957. The normalized spacial score (nSPS) is 10.8. The molecule has 1 aromatic heterocycles. The minimum absolute atomic E-state index is 0. The SMILES string of the molecule is COc1ccc(-n2ccc(CN=C(N)Nc3ccc(OC)c(OC)c3)n2)cc1.I. The average Bonchev–Trinajstić information content (AvgIpc) is 3.21. The van der Waals surface area contributed by atoms with Crippen molar-refractivity contribution >= 4 is 35.6 Å². The molecule has 0 saturated heterocycles. The van der Waals surface area contributed by atoms with Gasteiger partial charge in [-0.25, -0.2) is 9.67 Å². The summed E-state index contributed by atoms with van der Waals surface area (Å²) in [5.74, 6) is 2.34. The van der Waals surface area contributed by atoms with Crippen LogP contribution >= 0.6 is 24.0 Å². The summed E-state index contributed by atoms with van der Waals surface area (Å²) < 4.78 is 17.5. The first-order valence-electron chi connectivity index (χ1n) is 8.61. The van der Waals surface area contributed by atoms with Crippen LogP contribution in [0, 0.1) is 0 Å². The van der Waals surface area contributed by atoms with Crippen LogP contribution in [0.1, 0.15) is 5.69 Å². The number of rotatable bonds is 7. The molecule has 0 saturated carbocycles. The third-order valence-corrected chi connectivity index (χ3v) is 4.05. The fraction of sp³-hybridized carbons (Fsp3) is 0.200. The summed E-state index contributed by atoms with van der Waals surface area (Å²) in [6.45, 7) is 0.356. The standard InChI is InChI=1S/C20H23N5O3.HI/c1-26-17-7-5-16(6-8-17)25-11-10-15(24-25)13-22-20(21)23-14-4-9-18(27-2)19(12-14)28-3;/h4-12H,13H2,1-3H3,(H3,21,22,23);1H. The number of hydrogen-bond acceptors (Lipinski definition) is 5. The van der Waals surface area contributed by atoms with Crippen LogP contribution in [0.25, 0.3) is 5.69 Å². The zero-order valence-corrected chi connectivity index (χ0v) is 18.8. The Kier molecular flexibility index (Phi) is 8.13. The van der Waals surface area contributed by atoms with Crippen LogP contribution in [0.5, 0.6) is 17.2 Å². The number of hydrogen-bond donors (Lipinski definition) is 2. The summed E-state index contributed by atoms with van der Waals surface area (Å²) in [5.41, 5.74) is 8.47. The molecule has 2 aromatic carbocycles. The molecular weight excluding hydrogens is 485 g/mol. The van der Waals surface area contributed by atoms with Crippen LogP contribution in [0.2, 0.25) is 0 Å². The number of benzene rings is 2. The number of aliphatic imine (C=N–C) groups is 1. The van der Waals surface area contributed by atoms with E-state index >= 15 is 0 Å². The van der Waals surface area contributed by atoms with Gasteiger partial charge < -0.3 is 25.3 Å². The molecule has 0 aliphatic rings. The maximum Gasteiger partial charge on any atom is 0.193 e. The summed E-state index contributed by atoms with van der Waals surface area (Å²) in [6.07, 6.45) is 1.88. The molecule has 9 heteroatoms. The molecule has 3 N–H and O–H groups in total. The Morgan fingerprint density at radius 3 is 2.38 bits per heavy atom. The van der Waals surface area contributed by atoms with Crippen LogP contribution < -0.4 is 25.3 Å². The van der Waals surface area contributed by atoms with Crippen molar-refractivity contribution in [2.24, 2.45) is 10.7 Å². The van der Waals surface area contributed by atoms with E-state index in [2.05, 4.69) is 15.4 Å². The molecule has 0 aliphatic carbocycles. The van der Waals surface area contributed by atoms with Gasteiger partial charge in [-0.1, -0.05) is 0 Å². The van der Waals surface area contributed by atoms with E-state index in [1.54, 1.807) is 38.1 Å². The fourth-order valence-electron chi connectivity index (χ4n) is 2.59. The third kappa shape index (κ3) is 5.76. The van der Waals surface area contributed by atoms with Gasteiger partial charge in [0.05, 0.1) is 39.3 Å². The van der Waals surface area contributed by atoms with E-state index in [4.69, 9.17) is 19.9 Å².